The first kappa shape index (κ1) is 17.0. The summed E-state index contributed by atoms with van der Waals surface area (Å²) in [7, 11) is 0. The Labute approximate surface area is 136 Å². The molecule has 0 bridgehead atoms. The molecule has 120 valence electrons. The van der Waals surface area contributed by atoms with Crippen molar-refractivity contribution in [2.24, 2.45) is 0 Å². The molecule has 4 nitrogen and oxygen atoms in total. The number of benzene rings is 1. The van der Waals surface area contributed by atoms with E-state index in [9.17, 15) is 9.59 Å². The number of anilines is 1. The summed E-state index contributed by atoms with van der Waals surface area (Å²) in [4.78, 5) is 27.1. The molecule has 2 rings (SSSR count). The van der Waals surface area contributed by atoms with Gasteiger partial charge in [-0.05, 0) is 31.1 Å². The van der Waals surface area contributed by atoms with E-state index in [-0.39, 0.29) is 11.7 Å². The van der Waals surface area contributed by atoms with Crippen molar-refractivity contribution in [2.75, 3.05) is 30.7 Å². The van der Waals surface area contributed by atoms with Gasteiger partial charge < -0.3 is 10.2 Å². The molecule has 1 heterocycles. The van der Waals surface area contributed by atoms with Gasteiger partial charge in [0.15, 0.2) is 5.78 Å². The van der Waals surface area contributed by atoms with Crippen LogP contribution in [0.5, 0.6) is 0 Å². The molecular weight excluding hydrogens is 296 g/mol. The Morgan fingerprint density at radius 2 is 2.05 bits per heavy atom. The lowest BCUT2D eigenvalue weighted by atomic mass is 10.0. The Balaban J connectivity index is 2.30. The Morgan fingerprint density at radius 3 is 2.68 bits per heavy atom. The molecule has 1 amide bonds. The second kappa shape index (κ2) is 7.79. The fourth-order valence-electron chi connectivity index (χ4n) is 2.75. The fourth-order valence-corrected chi connectivity index (χ4v) is 3.96. The third-order valence-corrected chi connectivity index (χ3v) is 5.16. The number of carbonyl (C=O) groups excluding carboxylic acids is 2. The second-order valence-electron chi connectivity index (χ2n) is 5.46. The highest BCUT2D eigenvalue weighted by molar-refractivity contribution is 7.99. The quantitative estimate of drug-likeness (QED) is 0.874. The highest BCUT2D eigenvalue weighted by atomic mass is 32.2. The predicted molar refractivity (Wildman–Crippen MR) is 91.9 cm³/mol. The largest absolute Gasteiger partial charge is 0.326 e. The van der Waals surface area contributed by atoms with Gasteiger partial charge in [-0.1, -0.05) is 19.9 Å². The molecule has 0 fully saturated rings. The average molecular weight is 320 g/mol. The average Bonchev–Trinajstić information content (AvgIpc) is 2.49. The zero-order chi connectivity index (χ0) is 16.1. The van der Waals surface area contributed by atoms with Crippen LogP contribution in [-0.2, 0) is 11.2 Å². The maximum atomic E-state index is 12.3. The van der Waals surface area contributed by atoms with Crippen LogP contribution in [0.2, 0.25) is 0 Å². The number of rotatable bonds is 6. The first-order chi connectivity index (χ1) is 10.6. The van der Waals surface area contributed by atoms with E-state index in [4.69, 9.17) is 0 Å². The minimum absolute atomic E-state index is 0.138. The van der Waals surface area contributed by atoms with E-state index in [0.717, 1.165) is 36.7 Å². The second-order valence-corrected chi connectivity index (χ2v) is 6.56. The van der Waals surface area contributed by atoms with E-state index < -0.39 is 0 Å². The number of Topliss-reactive ketones (excluding diaryl/α,β-unsaturated/α-hetero) is 1. The number of fused-ring (bicyclic) bond motifs is 1. The summed E-state index contributed by atoms with van der Waals surface area (Å²) in [5.74, 6) is 0.830. The smallest absolute Gasteiger partial charge is 0.221 e. The molecule has 1 aromatic carbocycles. The topological polar surface area (TPSA) is 49.4 Å². The number of likely N-dealkylation sites (N-methyl/N-ethyl adjacent to an activating group) is 1. The number of amides is 1. The lowest BCUT2D eigenvalue weighted by molar-refractivity contribution is -0.114. The van der Waals surface area contributed by atoms with Crippen LogP contribution in [0.4, 0.5) is 5.69 Å². The molecule has 1 N–H and O–H groups in total. The van der Waals surface area contributed by atoms with Crippen LogP contribution in [-0.4, -0.2) is 42.0 Å². The van der Waals surface area contributed by atoms with Gasteiger partial charge in [0.25, 0.3) is 0 Å². The minimum Gasteiger partial charge on any atom is -0.326 e. The van der Waals surface area contributed by atoms with Gasteiger partial charge in [0.1, 0.15) is 0 Å². The van der Waals surface area contributed by atoms with E-state index in [1.807, 2.05) is 6.07 Å². The molecular formula is C17H24N2O2S. The van der Waals surface area contributed by atoms with Gasteiger partial charge >= 0.3 is 0 Å². The Bertz CT molecular complexity index is 568. The van der Waals surface area contributed by atoms with Gasteiger partial charge in [0, 0.05) is 30.5 Å². The van der Waals surface area contributed by atoms with Crippen LogP contribution in [0.25, 0.3) is 0 Å². The fraction of sp³-hybridized carbons (Fsp3) is 0.529. The van der Waals surface area contributed by atoms with E-state index in [1.54, 1.807) is 11.8 Å². The first-order valence-electron chi connectivity index (χ1n) is 7.88. The highest BCUT2D eigenvalue weighted by Crippen LogP contribution is 2.37. The van der Waals surface area contributed by atoms with E-state index in [2.05, 4.69) is 30.1 Å². The third-order valence-electron chi connectivity index (χ3n) is 4.00. The normalized spacial score (nSPS) is 14.1. The third kappa shape index (κ3) is 3.90. The number of nitrogens with one attached hydrogen (secondary N) is 1. The molecule has 0 radical (unpaired) electrons. The molecule has 0 saturated carbocycles. The van der Waals surface area contributed by atoms with E-state index in [0.29, 0.717) is 17.7 Å². The van der Waals surface area contributed by atoms with Gasteiger partial charge in [-0.2, -0.15) is 0 Å². The number of hydrogen-bond donors (Lipinski definition) is 1. The Morgan fingerprint density at radius 1 is 1.32 bits per heavy atom. The summed E-state index contributed by atoms with van der Waals surface area (Å²) in [6, 6.07) is 3.93. The first-order valence-corrected chi connectivity index (χ1v) is 8.87. The predicted octanol–water partition coefficient (Wildman–Crippen LogP) is 3.21. The zero-order valence-electron chi connectivity index (χ0n) is 13.6. The lowest BCUT2D eigenvalue weighted by Crippen LogP contribution is -2.26. The van der Waals surface area contributed by atoms with Crippen molar-refractivity contribution in [1.82, 2.24) is 4.90 Å². The summed E-state index contributed by atoms with van der Waals surface area (Å²) < 4.78 is 0. The van der Waals surface area contributed by atoms with Crippen LogP contribution in [0, 0.1) is 0 Å². The van der Waals surface area contributed by atoms with Gasteiger partial charge in [-0.3, -0.25) is 9.59 Å². The maximum Gasteiger partial charge on any atom is 0.221 e. The maximum absolute atomic E-state index is 12.3. The van der Waals surface area contributed by atoms with Crippen molar-refractivity contribution in [2.45, 2.75) is 38.5 Å². The molecule has 1 aromatic rings. The van der Waals surface area contributed by atoms with Crippen molar-refractivity contribution in [3.8, 4) is 0 Å². The van der Waals surface area contributed by atoms with Crippen molar-refractivity contribution < 1.29 is 9.59 Å². The van der Waals surface area contributed by atoms with Crippen LogP contribution in [0.15, 0.2) is 17.0 Å². The summed E-state index contributed by atoms with van der Waals surface area (Å²) in [5.41, 5.74) is 2.59. The number of ketones is 1. The summed E-state index contributed by atoms with van der Waals surface area (Å²) >= 11 is 1.74. The summed E-state index contributed by atoms with van der Waals surface area (Å²) in [5, 5.41) is 2.79. The molecule has 0 saturated heterocycles. The summed E-state index contributed by atoms with van der Waals surface area (Å²) in [6.07, 6.45) is 1.48. The van der Waals surface area contributed by atoms with Crippen LogP contribution < -0.4 is 5.32 Å². The molecule has 5 heteroatoms. The van der Waals surface area contributed by atoms with Crippen molar-refractivity contribution >= 4 is 29.1 Å². The van der Waals surface area contributed by atoms with Gasteiger partial charge in [0.05, 0.1) is 11.3 Å². The Hall–Kier alpha value is -1.33. The van der Waals surface area contributed by atoms with Gasteiger partial charge in [-0.25, -0.2) is 0 Å². The molecule has 0 aliphatic carbocycles. The number of carbonyl (C=O) groups is 2. The summed E-state index contributed by atoms with van der Waals surface area (Å²) in [6.45, 7) is 8.87. The van der Waals surface area contributed by atoms with Crippen LogP contribution in [0.3, 0.4) is 0 Å². The van der Waals surface area contributed by atoms with Gasteiger partial charge in [0.2, 0.25) is 5.91 Å². The molecule has 1 aliphatic heterocycles. The molecule has 0 unspecified atom stereocenters. The van der Waals surface area contributed by atoms with Gasteiger partial charge in [-0.15, -0.1) is 11.8 Å². The van der Waals surface area contributed by atoms with E-state index >= 15 is 0 Å². The van der Waals surface area contributed by atoms with Crippen molar-refractivity contribution in [1.29, 1.82) is 0 Å². The molecule has 1 aliphatic rings. The van der Waals surface area contributed by atoms with Crippen LogP contribution in [0.1, 0.15) is 43.1 Å². The van der Waals surface area contributed by atoms with E-state index in [1.165, 1.54) is 12.5 Å². The lowest BCUT2D eigenvalue weighted by Gasteiger charge is -2.23. The number of nitrogens with zero attached hydrogens (tertiary/aromatic N) is 1. The highest BCUT2D eigenvalue weighted by Gasteiger charge is 2.24. The standard InChI is InChI=1S/C17H24N2O2S/c1-4-19(5-2)10-8-13-6-7-14(18-12(3)20)16-15(21)9-11-22-17(13)16/h6-7H,4-5,8-11H2,1-3H3,(H,18,20). The molecule has 22 heavy (non-hydrogen) atoms. The van der Waals surface area contributed by atoms with Crippen molar-refractivity contribution in [3.63, 3.8) is 0 Å². The van der Waals surface area contributed by atoms with Crippen molar-refractivity contribution in [3.05, 3.63) is 23.3 Å². The molecule has 0 atom stereocenters. The molecule has 0 aromatic heterocycles. The monoisotopic (exact) mass is 320 g/mol. The Kier molecular flexibility index (Phi) is 6.03. The van der Waals surface area contributed by atoms with Crippen LogP contribution >= 0.6 is 11.8 Å². The minimum atomic E-state index is -0.138. The SMILES string of the molecule is CCN(CC)CCc1ccc(NC(C)=O)c2c1SCCC2=O. The number of thioether (sulfide) groups is 1. The number of hydrogen-bond acceptors (Lipinski definition) is 4. The zero-order valence-corrected chi connectivity index (χ0v) is 14.4. The molecule has 0 spiro atoms.